The molecular weight excluding hydrogens is 450 g/mol. The maximum absolute atomic E-state index is 13.0. The van der Waals surface area contributed by atoms with Crippen molar-refractivity contribution in [2.24, 2.45) is 5.92 Å². The van der Waals surface area contributed by atoms with Crippen LogP contribution in [0.2, 0.25) is 0 Å². The molecule has 6 rings (SSSR count). The van der Waals surface area contributed by atoms with Crippen LogP contribution in [0.3, 0.4) is 0 Å². The second kappa shape index (κ2) is 10.4. The van der Waals surface area contributed by atoms with Crippen LogP contribution < -0.4 is 15.0 Å². The Bertz CT molecular complexity index is 1210. The number of benzene rings is 1. The number of pyridine rings is 2. The predicted octanol–water partition coefficient (Wildman–Crippen LogP) is 4.07. The Labute approximate surface area is 212 Å². The van der Waals surface area contributed by atoms with Crippen molar-refractivity contribution in [1.29, 1.82) is 0 Å². The molecule has 4 heterocycles. The smallest absolute Gasteiger partial charge is 0.252 e. The summed E-state index contributed by atoms with van der Waals surface area (Å²) in [6.45, 7) is 6.12. The Hall–Kier alpha value is -3.19. The molecule has 1 amide bonds. The molecule has 36 heavy (non-hydrogen) atoms. The molecule has 0 atom stereocenters. The number of carbonyl (C=O) groups excluding carboxylic acids is 1. The second-order valence-electron chi connectivity index (χ2n) is 10.4. The fourth-order valence-corrected chi connectivity index (χ4v) is 6.02. The molecule has 1 N–H and O–H groups in total. The van der Waals surface area contributed by atoms with Gasteiger partial charge in [0, 0.05) is 62.0 Å². The highest BCUT2D eigenvalue weighted by Crippen LogP contribution is 2.34. The number of piperazine rings is 1. The number of rotatable bonds is 6. The van der Waals surface area contributed by atoms with Gasteiger partial charge in [0.25, 0.3) is 5.91 Å². The van der Waals surface area contributed by atoms with Gasteiger partial charge in [-0.25, -0.2) is 4.98 Å². The van der Waals surface area contributed by atoms with E-state index in [4.69, 9.17) is 4.74 Å². The summed E-state index contributed by atoms with van der Waals surface area (Å²) in [5.41, 5.74) is 2.89. The van der Waals surface area contributed by atoms with Gasteiger partial charge in [-0.1, -0.05) is 18.2 Å². The minimum absolute atomic E-state index is 0.0267. The van der Waals surface area contributed by atoms with E-state index in [1.165, 1.54) is 24.8 Å². The van der Waals surface area contributed by atoms with Gasteiger partial charge in [-0.2, -0.15) is 0 Å². The minimum Gasteiger partial charge on any atom is -0.489 e. The molecule has 1 saturated heterocycles. The van der Waals surface area contributed by atoms with Gasteiger partial charge in [0.15, 0.2) is 11.6 Å². The van der Waals surface area contributed by atoms with Crippen LogP contribution in [-0.2, 0) is 6.42 Å². The molecule has 2 fully saturated rings. The zero-order valence-corrected chi connectivity index (χ0v) is 20.9. The third-order valence-corrected chi connectivity index (χ3v) is 8.19. The first kappa shape index (κ1) is 23.2. The van der Waals surface area contributed by atoms with Crippen LogP contribution in [0.1, 0.15) is 48.0 Å². The fraction of sp³-hybridized carbons (Fsp3) is 0.483. The number of ether oxygens (including phenoxy) is 1. The van der Waals surface area contributed by atoms with Crippen molar-refractivity contribution in [3.8, 4) is 5.75 Å². The van der Waals surface area contributed by atoms with Gasteiger partial charge in [0.05, 0.1) is 17.7 Å². The Kier molecular flexibility index (Phi) is 6.73. The summed E-state index contributed by atoms with van der Waals surface area (Å²) in [5, 5.41) is 4.22. The predicted molar refractivity (Wildman–Crippen MR) is 142 cm³/mol. The Morgan fingerprint density at radius 1 is 0.972 bits per heavy atom. The summed E-state index contributed by atoms with van der Waals surface area (Å²) < 4.78 is 5.87. The summed E-state index contributed by atoms with van der Waals surface area (Å²) in [5.74, 6) is 2.82. The maximum Gasteiger partial charge on any atom is 0.252 e. The van der Waals surface area contributed by atoms with Gasteiger partial charge < -0.3 is 15.0 Å². The largest absolute Gasteiger partial charge is 0.489 e. The number of hydrogen-bond donors (Lipinski definition) is 1. The van der Waals surface area contributed by atoms with Gasteiger partial charge in [-0.3, -0.25) is 14.7 Å². The third kappa shape index (κ3) is 4.89. The van der Waals surface area contributed by atoms with E-state index in [0.717, 1.165) is 92.5 Å². The molecule has 1 aromatic carbocycles. The molecule has 2 aromatic heterocycles. The molecule has 0 unspecified atom stereocenters. The number of aromatic nitrogens is 2. The lowest BCUT2D eigenvalue weighted by Gasteiger charge is -2.37. The first-order valence-electron chi connectivity index (χ1n) is 13.5. The van der Waals surface area contributed by atoms with E-state index in [9.17, 15) is 4.79 Å². The molecule has 2 aliphatic heterocycles. The molecule has 7 heteroatoms. The van der Waals surface area contributed by atoms with Crippen LogP contribution in [0.25, 0.3) is 10.9 Å². The first-order valence-corrected chi connectivity index (χ1v) is 13.5. The van der Waals surface area contributed by atoms with Crippen molar-refractivity contribution in [2.45, 2.75) is 44.6 Å². The number of nitrogens with one attached hydrogen (secondary N) is 1. The lowest BCUT2D eigenvalue weighted by molar-refractivity contribution is 0.0921. The van der Waals surface area contributed by atoms with E-state index in [1.807, 2.05) is 36.5 Å². The molecule has 1 aliphatic carbocycles. The average Bonchev–Trinajstić information content (AvgIpc) is 3.42. The van der Waals surface area contributed by atoms with Crippen molar-refractivity contribution in [3.63, 3.8) is 0 Å². The van der Waals surface area contributed by atoms with Crippen molar-refractivity contribution in [2.75, 3.05) is 44.2 Å². The van der Waals surface area contributed by atoms with Crippen LogP contribution in [0.5, 0.6) is 5.75 Å². The lowest BCUT2D eigenvalue weighted by atomic mass is 9.84. The number of nitrogens with zero attached hydrogens (tertiary/aromatic N) is 4. The molecule has 7 nitrogen and oxygen atoms in total. The van der Waals surface area contributed by atoms with E-state index in [1.54, 1.807) is 6.20 Å². The van der Waals surface area contributed by atoms with Crippen molar-refractivity contribution >= 4 is 22.6 Å². The van der Waals surface area contributed by atoms with Crippen LogP contribution in [0.15, 0.2) is 48.8 Å². The summed E-state index contributed by atoms with van der Waals surface area (Å²) in [7, 11) is 0. The van der Waals surface area contributed by atoms with E-state index in [0.29, 0.717) is 0 Å². The number of amides is 1. The molecule has 0 spiro atoms. The summed E-state index contributed by atoms with van der Waals surface area (Å²) in [6, 6.07) is 12.0. The molecule has 188 valence electrons. The number of para-hydroxylation sites is 1. The first-order chi connectivity index (χ1) is 17.7. The van der Waals surface area contributed by atoms with Crippen molar-refractivity contribution < 1.29 is 9.53 Å². The van der Waals surface area contributed by atoms with Gasteiger partial charge in [-0.15, -0.1) is 0 Å². The van der Waals surface area contributed by atoms with Gasteiger partial charge in [0.2, 0.25) is 0 Å². The van der Waals surface area contributed by atoms with Gasteiger partial charge >= 0.3 is 0 Å². The molecule has 3 aliphatic rings. The van der Waals surface area contributed by atoms with Gasteiger partial charge in [0.1, 0.15) is 0 Å². The highest BCUT2D eigenvalue weighted by Gasteiger charge is 2.27. The number of hydrogen-bond acceptors (Lipinski definition) is 6. The normalized spacial score (nSPS) is 22.3. The lowest BCUT2D eigenvalue weighted by Crippen LogP contribution is -2.47. The Morgan fingerprint density at radius 2 is 1.78 bits per heavy atom. The van der Waals surface area contributed by atoms with Crippen LogP contribution >= 0.6 is 0 Å². The van der Waals surface area contributed by atoms with E-state index < -0.39 is 0 Å². The average molecular weight is 486 g/mol. The zero-order valence-electron chi connectivity index (χ0n) is 20.9. The minimum atomic E-state index is 0.0267. The number of fused-ring (bicyclic) bond motifs is 2. The maximum atomic E-state index is 13.0. The van der Waals surface area contributed by atoms with E-state index >= 15 is 0 Å². The van der Waals surface area contributed by atoms with E-state index in [-0.39, 0.29) is 11.9 Å². The third-order valence-electron chi connectivity index (χ3n) is 8.19. The zero-order chi connectivity index (χ0) is 24.3. The van der Waals surface area contributed by atoms with Crippen molar-refractivity contribution in [1.82, 2.24) is 20.2 Å². The van der Waals surface area contributed by atoms with Crippen LogP contribution in [0.4, 0.5) is 5.82 Å². The monoisotopic (exact) mass is 485 g/mol. The number of carbonyl (C=O) groups is 1. The van der Waals surface area contributed by atoms with Crippen molar-refractivity contribution in [3.05, 3.63) is 59.9 Å². The van der Waals surface area contributed by atoms with Crippen LogP contribution in [0, 0.1) is 5.92 Å². The second-order valence-corrected chi connectivity index (χ2v) is 10.4. The topological polar surface area (TPSA) is 70.6 Å². The van der Waals surface area contributed by atoms with Crippen LogP contribution in [-0.4, -0.2) is 66.1 Å². The van der Waals surface area contributed by atoms with E-state index in [2.05, 4.69) is 31.2 Å². The molecule has 0 radical (unpaired) electrons. The Balaban J connectivity index is 0.942. The standard InChI is InChI=1S/C29H35N5O2/c35-29(25-10-14-30-26-4-2-1-3-24(25)26)32-23-7-5-21(6-8-23)11-15-33-16-18-34(19-17-33)28-27-22(9-13-31-28)12-20-36-27/h1-4,9-10,13-14,21,23H,5-8,11-12,15-20H2,(H,32,35)/t21-,23-. The highest BCUT2D eigenvalue weighted by atomic mass is 16.5. The Morgan fingerprint density at radius 3 is 2.64 bits per heavy atom. The quantitative estimate of drug-likeness (QED) is 0.568. The molecule has 0 bridgehead atoms. The number of anilines is 1. The summed E-state index contributed by atoms with van der Waals surface area (Å²) >= 11 is 0. The SMILES string of the molecule is O=C(N[C@H]1CC[C@H](CCN2CCN(c3nccc4c3OCC4)CC2)CC1)c1ccnc2ccccc12. The molecular formula is C29H35N5O2. The highest BCUT2D eigenvalue weighted by molar-refractivity contribution is 6.06. The molecule has 1 saturated carbocycles. The summed E-state index contributed by atoms with van der Waals surface area (Å²) in [6.07, 6.45) is 10.4. The summed E-state index contributed by atoms with van der Waals surface area (Å²) in [4.78, 5) is 27.0. The fourth-order valence-electron chi connectivity index (χ4n) is 6.02. The molecule has 3 aromatic rings. The van der Waals surface area contributed by atoms with Gasteiger partial charge in [-0.05, 0) is 62.8 Å².